The first-order chi connectivity index (χ1) is 12.8. The van der Waals surface area contributed by atoms with Crippen LogP contribution < -0.4 is 15.4 Å². The van der Waals surface area contributed by atoms with Crippen molar-refractivity contribution in [1.82, 2.24) is 20.4 Å². The van der Waals surface area contributed by atoms with Crippen molar-refractivity contribution in [2.75, 3.05) is 19.6 Å². The van der Waals surface area contributed by atoms with Gasteiger partial charge in [-0.25, -0.2) is 0 Å². The molecule has 3 rings (SSSR count). The SMILES string of the molecule is Cn1cc([C@H]2CNC[C@@H]2C(=O)NCCc2ccc(OC(F)(F)F)cc2)cn1. The van der Waals surface area contributed by atoms with Gasteiger partial charge in [-0.3, -0.25) is 9.48 Å². The van der Waals surface area contributed by atoms with Gasteiger partial charge >= 0.3 is 6.36 Å². The molecule has 0 unspecified atom stereocenters. The van der Waals surface area contributed by atoms with Crippen LogP contribution in [0.1, 0.15) is 17.0 Å². The fraction of sp³-hybridized carbons (Fsp3) is 0.444. The topological polar surface area (TPSA) is 68.2 Å². The molecule has 0 aliphatic carbocycles. The van der Waals surface area contributed by atoms with Gasteiger partial charge in [0.2, 0.25) is 5.91 Å². The number of alkyl halides is 3. The van der Waals surface area contributed by atoms with Crippen LogP contribution in [0.5, 0.6) is 5.75 Å². The summed E-state index contributed by atoms with van der Waals surface area (Å²) in [5.41, 5.74) is 1.85. The first kappa shape index (κ1) is 19.2. The monoisotopic (exact) mass is 382 g/mol. The molecule has 27 heavy (non-hydrogen) atoms. The molecule has 0 spiro atoms. The lowest BCUT2D eigenvalue weighted by molar-refractivity contribution is -0.274. The standard InChI is InChI=1S/C18H21F3N4O2/c1-25-11-13(8-24-25)15-9-22-10-16(15)17(26)23-7-6-12-2-4-14(5-3-12)27-18(19,20)21/h2-5,8,11,15-16,22H,6-7,9-10H2,1H3,(H,23,26)/t15-,16+/m1/s1. The number of nitrogens with one attached hydrogen (secondary N) is 2. The van der Waals surface area contributed by atoms with Gasteiger partial charge in [-0.05, 0) is 29.7 Å². The van der Waals surface area contributed by atoms with Gasteiger partial charge in [0.15, 0.2) is 0 Å². The van der Waals surface area contributed by atoms with Crippen molar-refractivity contribution >= 4 is 5.91 Å². The van der Waals surface area contributed by atoms with Gasteiger partial charge < -0.3 is 15.4 Å². The van der Waals surface area contributed by atoms with Crippen molar-refractivity contribution in [2.45, 2.75) is 18.7 Å². The van der Waals surface area contributed by atoms with Crippen molar-refractivity contribution in [2.24, 2.45) is 13.0 Å². The van der Waals surface area contributed by atoms with Crippen molar-refractivity contribution in [1.29, 1.82) is 0 Å². The van der Waals surface area contributed by atoms with Crippen molar-refractivity contribution in [3.63, 3.8) is 0 Å². The number of hydrogen-bond donors (Lipinski definition) is 2. The van der Waals surface area contributed by atoms with E-state index in [-0.39, 0.29) is 23.5 Å². The summed E-state index contributed by atoms with van der Waals surface area (Å²) in [6.07, 6.45) is -0.476. The van der Waals surface area contributed by atoms with Crippen molar-refractivity contribution in [3.05, 3.63) is 47.8 Å². The number of rotatable bonds is 6. The fourth-order valence-electron chi connectivity index (χ4n) is 3.25. The van der Waals surface area contributed by atoms with E-state index in [2.05, 4.69) is 20.5 Å². The predicted molar refractivity (Wildman–Crippen MR) is 92.1 cm³/mol. The molecule has 6 nitrogen and oxygen atoms in total. The van der Waals surface area contributed by atoms with Gasteiger partial charge in [-0.1, -0.05) is 12.1 Å². The highest BCUT2D eigenvalue weighted by molar-refractivity contribution is 5.80. The Hall–Kier alpha value is -2.55. The van der Waals surface area contributed by atoms with Crippen LogP contribution in [0, 0.1) is 5.92 Å². The zero-order chi connectivity index (χ0) is 19.4. The van der Waals surface area contributed by atoms with Crippen LogP contribution in [-0.2, 0) is 18.3 Å². The predicted octanol–water partition coefficient (Wildman–Crippen LogP) is 1.98. The molecule has 0 radical (unpaired) electrons. The minimum Gasteiger partial charge on any atom is -0.406 e. The van der Waals surface area contributed by atoms with E-state index in [9.17, 15) is 18.0 Å². The molecule has 1 amide bonds. The molecule has 2 atom stereocenters. The number of amides is 1. The third kappa shape index (κ3) is 5.22. The second-order valence-electron chi connectivity index (χ2n) is 6.55. The summed E-state index contributed by atoms with van der Waals surface area (Å²) in [7, 11) is 1.84. The van der Waals surface area contributed by atoms with E-state index in [4.69, 9.17) is 0 Å². The van der Waals surface area contributed by atoms with Crippen LogP contribution in [0.2, 0.25) is 0 Å². The molecule has 1 aliphatic heterocycles. The van der Waals surface area contributed by atoms with Crippen LogP contribution in [-0.4, -0.2) is 41.7 Å². The van der Waals surface area contributed by atoms with Gasteiger partial charge in [-0.2, -0.15) is 5.10 Å². The second-order valence-corrected chi connectivity index (χ2v) is 6.55. The zero-order valence-electron chi connectivity index (χ0n) is 14.8. The Balaban J connectivity index is 1.49. The largest absolute Gasteiger partial charge is 0.573 e. The number of nitrogens with zero attached hydrogens (tertiary/aromatic N) is 2. The van der Waals surface area contributed by atoms with Crippen LogP contribution >= 0.6 is 0 Å². The summed E-state index contributed by atoms with van der Waals surface area (Å²) >= 11 is 0. The number of aromatic nitrogens is 2. The Bertz CT molecular complexity index is 774. The number of carbonyl (C=O) groups excluding carboxylic acids is 1. The molecule has 9 heteroatoms. The lowest BCUT2D eigenvalue weighted by Crippen LogP contribution is -2.35. The number of halogens is 3. The Morgan fingerprint density at radius 3 is 2.70 bits per heavy atom. The molecule has 0 saturated carbocycles. The Kier molecular flexibility index (Phi) is 5.69. The molecule has 2 N–H and O–H groups in total. The first-order valence-electron chi connectivity index (χ1n) is 8.63. The summed E-state index contributed by atoms with van der Waals surface area (Å²) in [6, 6.07) is 5.65. The molecule has 1 aromatic heterocycles. The summed E-state index contributed by atoms with van der Waals surface area (Å²) in [5, 5.41) is 10.3. The van der Waals surface area contributed by atoms with Crippen molar-refractivity contribution < 1.29 is 22.7 Å². The highest BCUT2D eigenvalue weighted by atomic mass is 19.4. The minimum atomic E-state index is -4.70. The quantitative estimate of drug-likeness (QED) is 0.802. The lowest BCUT2D eigenvalue weighted by atomic mass is 9.90. The number of carbonyl (C=O) groups is 1. The highest BCUT2D eigenvalue weighted by Crippen LogP contribution is 2.28. The maximum atomic E-state index is 12.5. The Morgan fingerprint density at radius 1 is 1.33 bits per heavy atom. The summed E-state index contributed by atoms with van der Waals surface area (Å²) in [5.74, 6) is -0.383. The van der Waals surface area contributed by atoms with Gasteiger partial charge in [0, 0.05) is 38.8 Å². The van der Waals surface area contributed by atoms with E-state index in [0.717, 1.165) is 17.7 Å². The van der Waals surface area contributed by atoms with E-state index in [1.807, 2.05) is 13.2 Å². The van der Waals surface area contributed by atoms with E-state index >= 15 is 0 Å². The number of hydrogen-bond acceptors (Lipinski definition) is 4. The molecular weight excluding hydrogens is 361 g/mol. The molecule has 0 bridgehead atoms. The Morgan fingerprint density at radius 2 is 2.07 bits per heavy atom. The Labute approximate surface area is 154 Å². The number of aryl methyl sites for hydroxylation is 1. The average molecular weight is 382 g/mol. The average Bonchev–Trinajstić information content (AvgIpc) is 3.23. The van der Waals surface area contributed by atoms with Crippen LogP contribution in [0.4, 0.5) is 13.2 Å². The van der Waals surface area contributed by atoms with Crippen LogP contribution in [0.15, 0.2) is 36.7 Å². The molecular formula is C18H21F3N4O2. The maximum absolute atomic E-state index is 12.5. The number of benzene rings is 1. The smallest absolute Gasteiger partial charge is 0.406 e. The molecule has 2 heterocycles. The third-order valence-corrected chi connectivity index (χ3v) is 4.57. The van der Waals surface area contributed by atoms with Gasteiger partial charge in [-0.15, -0.1) is 13.2 Å². The van der Waals surface area contributed by atoms with Gasteiger partial charge in [0.1, 0.15) is 5.75 Å². The second kappa shape index (κ2) is 7.99. The number of ether oxygens (including phenoxy) is 1. The van der Waals surface area contributed by atoms with Crippen LogP contribution in [0.3, 0.4) is 0 Å². The van der Waals surface area contributed by atoms with Crippen molar-refractivity contribution in [3.8, 4) is 5.75 Å². The normalized spacial score (nSPS) is 19.9. The third-order valence-electron chi connectivity index (χ3n) is 4.57. The van der Waals surface area contributed by atoms with Gasteiger partial charge in [0.25, 0.3) is 0 Å². The van der Waals surface area contributed by atoms with Gasteiger partial charge in [0.05, 0.1) is 12.1 Å². The molecule has 2 aromatic rings. The lowest BCUT2D eigenvalue weighted by Gasteiger charge is -2.17. The maximum Gasteiger partial charge on any atom is 0.573 e. The van der Waals surface area contributed by atoms with E-state index < -0.39 is 6.36 Å². The zero-order valence-corrected chi connectivity index (χ0v) is 14.8. The van der Waals surface area contributed by atoms with E-state index in [0.29, 0.717) is 19.5 Å². The van der Waals surface area contributed by atoms with E-state index in [1.54, 1.807) is 23.0 Å². The molecule has 1 fully saturated rings. The highest BCUT2D eigenvalue weighted by Gasteiger charge is 2.34. The molecule has 1 aromatic carbocycles. The molecule has 146 valence electrons. The minimum absolute atomic E-state index is 0.0362. The fourth-order valence-corrected chi connectivity index (χ4v) is 3.25. The summed E-state index contributed by atoms with van der Waals surface area (Å²) < 4.78 is 42.0. The van der Waals surface area contributed by atoms with E-state index in [1.165, 1.54) is 12.1 Å². The first-order valence-corrected chi connectivity index (χ1v) is 8.63. The summed E-state index contributed by atoms with van der Waals surface area (Å²) in [4.78, 5) is 12.5. The summed E-state index contributed by atoms with van der Waals surface area (Å²) in [6.45, 7) is 1.74. The molecule has 1 aliphatic rings. The molecule has 1 saturated heterocycles. The van der Waals surface area contributed by atoms with Crippen LogP contribution in [0.25, 0.3) is 0 Å².